The number of carbonyl (C=O) groups is 2. The Kier molecular flexibility index (Phi) is 6.04. The Bertz CT molecular complexity index is 907. The Balaban J connectivity index is 1.20. The summed E-state index contributed by atoms with van der Waals surface area (Å²) in [6.45, 7) is 2.55. The maximum absolute atomic E-state index is 12.6. The molecular weight excluding hydrogens is 378 g/mol. The lowest BCUT2D eigenvalue weighted by molar-refractivity contribution is -0.131. The highest BCUT2D eigenvalue weighted by atomic mass is 16.3. The van der Waals surface area contributed by atoms with Crippen LogP contribution in [0.5, 0.6) is 5.75 Å². The molecule has 6 nitrogen and oxygen atoms in total. The number of primary amides is 1. The third kappa shape index (κ3) is 4.82. The third-order valence-corrected chi connectivity index (χ3v) is 6.34. The van der Waals surface area contributed by atoms with E-state index in [1.165, 1.54) is 24.1 Å². The molecule has 1 saturated heterocycles. The van der Waals surface area contributed by atoms with E-state index in [0.29, 0.717) is 23.4 Å². The summed E-state index contributed by atoms with van der Waals surface area (Å²) in [5.74, 6) is 0.447. The summed E-state index contributed by atoms with van der Waals surface area (Å²) in [6, 6.07) is 15.9. The van der Waals surface area contributed by atoms with Crippen LogP contribution in [-0.4, -0.2) is 47.5 Å². The van der Waals surface area contributed by atoms with Crippen LogP contribution in [0.15, 0.2) is 48.5 Å². The first-order valence-corrected chi connectivity index (χ1v) is 10.7. The number of hydrogen-bond acceptors (Lipinski definition) is 4. The largest absolute Gasteiger partial charge is 0.507 e. The molecule has 2 amide bonds. The van der Waals surface area contributed by atoms with Gasteiger partial charge in [0.05, 0.1) is 12.0 Å². The second-order valence-electron chi connectivity index (χ2n) is 8.48. The lowest BCUT2D eigenvalue weighted by atomic mass is 9.96. The fraction of sp³-hybridized carbons (Fsp3) is 0.417. The fourth-order valence-corrected chi connectivity index (χ4v) is 4.38. The van der Waals surface area contributed by atoms with E-state index < -0.39 is 5.91 Å². The van der Waals surface area contributed by atoms with Crippen LogP contribution in [-0.2, 0) is 11.2 Å². The summed E-state index contributed by atoms with van der Waals surface area (Å²) in [7, 11) is 0. The Morgan fingerprint density at radius 3 is 2.50 bits per heavy atom. The van der Waals surface area contributed by atoms with Crippen molar-refractivity contribution in [2.75, 3.05) is 19.6 Å². The monoisotopic (exact) mass is 407 g/mol. The first-order chi connectivity index (χ1) is 14.5. The lowest BCUT2D eigenvalue weighted by Crippen LogP contribution is -2.41. The van der Waals surface area contributed by atoms with Crippen LogP contribution >= 0.6 is 0 Å². The summed E-state index contributed by atoms with van der Waals surface area (Å²) in [6.07, 6.45) is 3.44. The number of likely N-dealkylation sites (tertiary alicyclic amines) is 1. The quantitative estimate of drug-likeness (QED) is 0.657. The van der Waals surface area contributed by atoms with Gasteiger partial charge in [0.15, 0.2) is 0 Å². The van der Waals surface area contributed by atoms with Crippen LogP contribution in [0.4, 0.5) is 0 Å². The maximum atomic E-state index is 12.6. The third-order valence-electron chi connectivity index (χ3n) is 6.34. The van der Waals surface area contributed by atoms with E-state index in [-0.39, 0.29) is 23.6 Å². The van der Waals surface area contributed by atoms with Crippen molar-refractivity contribution in [2.45, 2.75) is 37.6 Å². The SMILES string of the molecule is NC(=O)c1ccc(CC(=O)N2CCC(CNC3CC3c3ccccc3)CC2)cc1O. The Labute approximate surface area is 177 Å². The standard InChI is InChI=1S/C24H29N3O3/c25-24(30)19-7-6-17(12-22(19)28)13-23(29)27-10-8-16(9-11-27)15-26-21-14-20(21)18-4-2-1-3-5-18/h1-7,12,16,20-21,26,28H,8-11,13-15H2,(H2,25,30). The molecule has 0 bridgehead atoms. The minimum Gasteiger partial charge on any atom is -0.507 e. The number of benzene rings is 2. The summed E-state index contributed by atoms with van der Waals surface area (Å²) in [4.78, 5) is 25.7. The van der Waals surface area contributed by atoms with E-state index in [4.69, 9.17) is 5.73 Å². The van der Waals surface area contributed by atoms with E-state index >= 15 is 0 Å². The summed E-state index contributed by atoms with van der Waals surface area (Å²) in [5, 5.41) is 13.6. The van der Waals surface area contributed by atoms with Crippen molar-refractivity contribution in [3.05, 3.63) is 65.2 Å². The van der Waals surface area contributed by atoms with E-state index in [1.54, 1.807) is 6.07 Å². The molecule has 6 heteroatoms. The van der Waals surface area contributed by atoms with Crippen molar-refractivity contribution in [3.8, 4) is 5.75 Å². The van der Waals surface area contributed by atoms with E-state index in [2.05, 4.69) is 35.6 Å². The zero-order valence-electron chi connectivity index (χ0n) is 17.1. The minimum absolute atomic E-state index is 0.0546. The summed E-state index contributed by atoms with van der Waals surface area (Å²) < 4.78 is 0. The van der Waals surface area contributed by atoms with Gasteiger partial charge in [-0.3, -0.25) is 9.59 Å². The predicted molar refractivity (Wildman–Crippen MR) is 115 cm³/mol. The molecular formula is C24H29N3O3. The molecule has 2 aromatic carbocycles. The van der Waals surface area contributed by atoms with Gasteiger partial charge >= 0.3 is 0 Å². The van der Waals surface area contributed by atoms with Gasteiger partial charge in [0.1, 0.15) is 5.75 Å². The van der Waals surface area contributed by atoms with Gasteiger partial charge in [-0.25, -0.2) is 0 Å². The first-order valence-electron chi connectivity index (χ1n) is 10.7. The zero-order chi connectivity index (χ0) is 21.1. The lowest BCUT2D eigenvalue weighted by Gasteiger charge is -2.32. The second kappa shape index (κ2) is 8.88. The molecule has 1 heterocycles. The highest BCUT2D eigenvalue weighted by molar-refractivity contribution is 5.95. The minimum atomic E-state index is -0.678. The van der Waals surface area contributed by atoms with Crippen molar-refractivity contribution >= 4 is 11.8 Å². The van der Waals surface area contributed by atoms with Gasteiger partial charge in [0.25, 0.3) is 5.91 Å². The Hall–Kier alpha value is -2.86. The van der Waals surface area contributed by atoms with Crippen molar-refractivity contribution in [1.82, 2.24) is 10.2 Å². The average molecular weight is 408 g/mol. The molecule has 0 aromatic heterocycles. The molecule has 2 fully saturated rings. The van der Waals surface area contributed by atoms with Crippen LogP contribution in [0.25, 0.3) is 0 Å². The molecule has 4 N–H and O–H groups in total. The van der Waals surface area contributed by atoms with Crippen molar-refractivity contribution in [3.63, 3.8) is 0 Å². The number of carbonyl (C=O) groups excluding carboxylic acids is 2. The van der Waals surface area contributed by atoms with Crippen molar-refractivity contribution in [1.29, 1.82) is 0 Å². The van der Waals surface area contributed by atoms with Gasteiger partial charge in [-0.05, 0) is 55.0 Å². The molecule has 4 rings (SSSR count). The van der Waals surface area contributed by atoms with Gasteiger partial charge in [0.2, 0.25) is 5.91 Å². The van der Waals surface area contributed by atoms with E-state index in [9.17, 15) is 14.7 Å². The number of nitrogens with one attached hydrogen (secondary N) is 1. The average Bonchev–Trinajstić information content (AvgIpc) is 3.53. The first kappa shape index (κ1) is 20.4. The number of nitrogens with two attached hydrogens (primary N) is 1. The molecule has 1 saturated carbocycles. The number of amides is 2. The van der Waals surface area contributed by atoms with Gasteiger partial charge in [-0.2, -0.15) is 0 Å². The second-order valence-corrected chi connectivity index (χ2v) is 8.48. The van der Waals surface area contributed by atoms with E-state index in [0.717, 1.165) is 32.5 Å². The topological polar surface area (TPSA) is 95.7 Å². The molecule has 30 heavy (non-hydrogen) atoms. The number of phenols is 1. The fourth-order valence-electron chi connectivity index (χ4n) is 4.38. The summed E-state index contributed by atoms with van der Waals surface area (Å²) >= 11 is 0. The summed E-state index contributed by atoms with van der Waals surface area (Å²) in [5.41, 5.74) is 7.38. The van der Waals surface area contributed by atoms with Crippen LogP contribution in [0.3, 0.4) is 0 Å². The van der Waals surface area contributed by atoms with Gasteiger partial charge in [-0.15, -0.1) is 0 Å². The maximum Gasteiger partial charge on any atom is 0.252 e. The number of hydrogen-bond donors (Lipinski definition) is 3. The van der Waals surface area contributed by atoms with Crippen LogP contribution in [0.1, 0.15) is 46.7 Å². The highest BCUT2D eigenvalue weighted by Crippen LogP contribution is 2.40. The van der Waals surface area contributed by atoms with Gasteiger partial charge in [-0.1, -0.05) is 36.4 Å². The number of rotatable bonds is 7. The van der Waals surface area contributed by atoms with Gasteiger partial charge in [0, 0.05) is 25.0 Å². The Morgan fingerprint density at radius 2 is 1.83 bits per heavy atom. The smallest absolute Gasteiger partial charge is 0.252 e. The molecule has 2 atom stereocenters. The van der Waals surface area contributed by atoms with Crippen LogP contribution in [0.2, 0.25) is 0 Å². The molecule has 1 aliphatic carbocycles. The molecule has 0 spiro atoms. The molecule has 1 aliphatic heterocycles. The number of piperidine rings is 1. The Morgan fingerprint density at radius 1 is 1.10 bits per heavy atom. The molecule has 158 valence electrons. The highest BCUT2D eigenvalue weighted by Gasteiger charge is 2.38. The van der Waals surface area contributed by atoms with Crippen LogP contribution in [0, 0.1) is 5.92 Å². The molecule has 2 aliphatic rings. The van der Waals surface area contributed by atoms with E-state index in [1.807, 2.05) is 4.90 Å². The molecule has 2 aromatic rings. The van der Waals surface area contributed by atoms with Crippen LogP contribution < -0.4 is 11.1 Å². The number of nitrogens with zero attached hydrogens (tertiary/aromatic N) is 1. The molecule has 2 unspecified atom stereocenters. The van der Waals surface area contributed by atoms with Crippen molar-refractivity contribution in [2.24, 2.45) is 11.7 Å². The normalized spacial score (nSPS) is 21.4. The zero-order valence-corrected chi connectivity index (χ0v) is 17.1. The number of aromatic hydroxyl groups is 1. The predicted octanol–water partition coefficient (Wildman–Crippen LogP) is 2.42. The van der Waals surface area contributed by atoms with Gasteiger partial charge < -0.3 is 21.1 Å². The van der Waals surface area contributed by atoms with Crippen molar-refractivity contribution < 1.29 is 14.7 Å². The molecule has 0 radical (unpaired) electrons.